The molecule has 1 amide bonds. The number of hydrogen-bond donors (Lipinski definition) is 1. The van der Waals surface area contributed by atoms with Crippen LogP contribution in [0.4, 0.5) is 9.18 Å². The smallest absolute Gasteiger partial charge is 0.410 e. The van der Waals surface area contributed by atoms with E-state index < -0.39 is 0 Å². The lowest BCUT2D eigenvalue weighted by Crippen LogP contribution is -2.53. The van der Waals surface area contributed by atoms with Gasteiger partial charge in [-0.15, -0.1) is 12.4 Å². The Kier molecular flexibility index (Phi) is 10.4. The van der Waals surface area contributed by atoms with E-state index in [1.165, 1.54) is 6.07 Å². The molecule has 0 aromatic heterocycles. The van der Waals surface area contributed by atoms with E-state index in [1.54, 1.807) is 17.0 Å². The van der Waals surface area contributed by atoms with Crippen LogP contribution in [0.1, 0.15) is 45.1 Å². The standard InChI is InChI=1S/C19H29FN2O3.ClH/c1-3-5-6-11-24-17-7-8-18(20)15(12-17)14-25-19(23)22-10-9-21-13-16(22)4-2;/h7-8,12,16,21H,3-6,9-11,13-14H2,1-2H3;1H. The summed E-state index contributed by atoms with van der Waals surface area (Å²) in [6.45, 7) is 6.82. The zero-order valence-corrected chi connectivity index (χ0v) is 16.4. The molecule has 5 nitrogen and oxygen atoms in total. The van der Waals surface area contributed by atoms with Crippen LogP contribution in [0.2, 0.25) is 0 Å². The van der Waals surface area contributed by atoms with Crippen LogP contribution in [0.15, 0.2) is 18.2 Å². The van der Waals surface area contributed by atoms with E-state index in [1.807, 2.05) is 6.92 Å². The number of unbranched alkanes of at least 4 members (excludes halogenated alkanes) is 2. The highest BCUT2D eigenvalue weighted by atomic mass is 35.5. The summed E-state index contributed by atoms with van der Waals surface area (Å²) in [5, 5.41) is 3.26. The molecule has 1 N–H and O–H groups in total. The zero-order valence-electron chi connectivity index (χ0n) is 15.6. The largest absolute Gasteiger partial charge is 0.494 e. The first kappa shape index (κ1) is 22.5. The van der Waals surface area contributed by atoms with Crippen LogP contribution in [0.3, 0.4) is 0 Å². The summed E-state index contributed by atoms with van der Waals surface area (Å²) >= 11 is 0. The number of carbonyl (C=O) groups is 1. The molecule has 1 aromatic carbocycles. The molecule has 148 valence electrons. The van der Waals surface area contributed by atoms with Gasteiger partial charge < -0.3 is 19.7 Å². The van der Waals surface area contributed by atoms with Crippen LogP contribution in [0, 0.1) is 5.82 Å². The highest BCUT2D eigenvalue weighted by Gasteiger charge is 2.26. The Balaban J connectivity index is 0.00000338. The molecule has 7 heteroatoms. The molecular weight excluding hydrogens is 359 g/mol. The second kappa shape index (κ2) is 12.0. The minimum Gasteiger partial charge on any atom is -0.494 e. The van der Waals surface area contributed by atoms with Crippen LogP contribution in [-0.2, 0) is 11.3 Å². The van der Waals surface area contributed by atoms with Crippen LogP contribution >= 0.6 is 12.4 Å². The number of hydrogen-bond acceptors (Lipinski definition) is 4. The number of nitrogens with one attached hydrogen (secondary N) is 1. The highest BCUT2D eigenvalue weighted by Crippen LogP contribution is 2.19. The van der Waals surface area contributed by atoms with Gasteiger partial charge in [-0.1, -0.05) is 26.7 Å². The first-order valence-electron chi connectivity index (χ1n) is 9.21. The molecule has 26 heavy (non-hydrogen) atoms. The second-order valence-corrected chi connectivity index (χ2v) is 6.32. The van der Waals surface area contributed by atoms with Crippen molar-refractivity contribution in [2.45, 2.75) is 52.2 Å². The summed E-state index contributed by atoms with van der Waals surface area (Å²) in [7, 11) is 0. The van der Waals surface area contributed by atoms with Gasteiger partial charge in [0.05, 0.1) is 6.61 Å². The molecule has 0 aliphatic carbocycles. The molecule has 0 spiro atoms. The fraction of sp³-hybridized carbons (Fsp3) is 0.632. The molecular formula is C19H30ClFN2O3. The maximum atomic E-state index is 14.0. The number of ether oxygens (including phenoxy) is 2. The molecule has 1 heterocycles. The second-order valence-electron chi connectivity index (χ2n) is 6.32. The minimum absolute atomic E-state index is 0. The predicted octanol–water partition coefficient (Wildman–Crippen LogP) is 4.14. The third-order valence-electron chi connectivity index (χ3n) is 4.44. The maximum absolute atomic E-state index is 14.0. The molecule has 2 rings (SSSR count). The van der Waals surface area contributed by atoms with Crippen molar-refractivity contribution in [3.63, 3.8) is 0 Å². The van der Waals surface area contributed by atoms with Gasteiger partial charge in [0.25, 0.3) is 0 Å². The Hall–Kier alpha value is -1.53. The number of piperazine rings is 1. The van der Waals surface area contributed by atoms with E-state index in [0.717, 1.165) is 38.8 Å². The monoisotopic (exact) mass is 388 g/mol. The van der Waals surface area contributed by atoms with Crippen LogP contribution < -0.4 is 10.1 Å². The van der Waals surface area contributed by atoms with Gasteiger partial charge >= 0.3 is 6.09 Å². The number of halogens is 2. The van der Waals surface area contributed by atoms with Crippen molar-refractivity contribution in [1.82, 2.24) is 10.2 Å². The molecule has 1 aliphatic heterocycles. The topological polar surface area (TPSA) is 50.8 Å². The SMILES string of the molecule is CCCCCOc1ccc(F)c(COC(=O)N2CCNCC2CC)c1.Cl. The molecule has 1 saturated heterocycles. The Labute approximate surface area is 161 Å². The van der Waals surface area contributed by atoms with Crippen LogP contribution in [0.5, 0.6) is 5.75 Å². The van der Waals surface area contributed by atoms with Crippen molar-refractivity contribution in [3.8, 4) is 5.75 Å². The molecule has 0 radical (unpaired) electrons. The van der Waals surface area contributed by atoms with Gasteiger partial charge in [0, 0.05) is 31.2 Å². The van der Waals surface area contributed by atoms with Crippen LogP contribution in [0.25, 0.3) is 0 Å². The Morgan fingerprint density at radius 1 is 1.35 bits per heavy atom. The Morgan fingerprint density at radius 2 is 2.15 bits per heavy atom. The number of nitrogens with zero attached hydrogens (tertiary/aromatic N) is 1. The molecule has 1 aromatic rings. The molecule has 1 fully saturated rings. The molecule has 1 aliphatic rings. The predicted molar refractivity (Wildman–Crippen MR) is 103 cm³/mol. The average molecular weight is 389 g/mol. The third-order valence-corrected chi connectivity index (χ3v) is 4.44. The van der Waals surface area contributed by atoms with Gasteiger partial charge in [-0.3, -0.25) is 0 Å². The lowest BCUT2D eigenvalue weighted by Gasteiger charge is -2.34. The van der Waals surface area contributed by atoms with E-state index in [9.17, 15) is 9.18 Å². The van der Waals surface area contributed by atoms with E-state index in [2.05, 4.69) is 12.2 Å². The van der Waals surface area contributed by atoms with Gasteiger partial charge in [-0.2, -0.15) is 0 Å². The lowest BCUT2D eigenvalue weighted by atomic mass is 10.1. The van der Waals surface area contributed by atoms with Gasteiger partial charge in [0.15, 0.2) is 0 Å². The van der Waals surface area contributed by atoms with Crippen molar-refractivity contribution < 1.29 is 18.7 Å². The first-order chi connectivity index (χ1) is 12.2. The number of amides is 1. The zero-order chi connectivity index (χ0) is 18.1. The third kappa shape index (κ3) is 6.65. The summed E-state index contributed by atoms with van der Waals surface area (Å²) in [5.74, 6) is 0.221. The average Bonchev–Trinajstić information content (AvgIpc) is 2.65. The van der Waals surface area contributed by atoms with Crippen molar-refractivity contribution in [3.05, 3.63) is 29.6 Å². The van der Waals surface area contributed by atoms with Crippen molar-refractivity contribution in [2.75, 3.05) is 26.2 Å². The van der Waals surface area contributed by atoms with Crippen molar-refractivity contribution >= 4 is 18.5 Å². The Bertz CT molecular complexity index is 560. The maximum Gasteiger partial charge on any atom is 0.410 e. The molecule has 0 saturated carbocycles. The summed E-state index contributed by atoms with van der Waals surface area (Å²) < 4.78 is 25.0. The summed E-state index contributed by atoms with van der Waals surface area (Å²) in [6, 6.07) is 4.71. The van der Waals surface area contributed by atoms with Gasteiger partial charge in [0.1, 0.15) is 18.2 Å². The van der Waals surface area contributed by atoms with Crippen molar-refractivity contribution in [2.24, 2.45) is 0 Å². The van der Waals surface area contributed by atoms with E-state index in [-0.39, 0.29) is 37.0 Å². The highest BCUT2D eigenvalue weighted by molar-refractivity contribution is 5.85. The van der Waals surface area contributed by atoms with Gasteiger partial charge in [-0.05, 0) is 31.0 Å². The fourth-order valence-corrected chi connectivity index (χ4v) is 2.88. The van der Waals surface area contributed by atoms with E-state index in [4.69, 9.17) is 9.47 Å². The molecule has 1 atom stereocenters. The molecule has 1 unspecified atom stereocenters. The van der Waals surface area contributed by atoms with E-state index in [0.29, 0.717) is 24.5 Å². The summed E-state index contributed by atoms with van der Waals surface area (Å²) in [5.41, 5.74) is 0.338. The normalized spacial score (nSPS) is 16.7. The number of carbonyl (C=O) groups excluding carboxylic acids is 1. The van der Waals surface area contributed by atoms with Gasteiger partial charge in [-0.25, -0.2) is 9.18 Å². The first-order valence-corrected chi connectivity index (χ1v) is 9.21. The number of benzene rings is 1. The lowest BCUT2D eigenvalue weighted by molar-refractivity contribution is 0.0706. The summed E-state index contributed by atoms with van der Waals surface area (Å²) in [4.78, 5) is 14.0. The van der Waals surface area contributed by atoms with Crippen LogP contribution in [-0.4, -0.2) is 43.3 Å². The van der Waals surface area contributed by atoms with Gasteiger partial charge in [0.2, 0.25) is 0 Å². The number of rotatable bonds is 8. The summed E-state index contributed by atoms with van der Waals surface area (Å²) in [6.07, 6.45) is 3.67. The fourth-order valence-electron chi connectivity index (χ4n) is 2.88. The minimum atomic E-state index is -0.388. The quantitative estimate of drug-likeness (QED) is 0.680. The van der Waals surface area contributed by atoms with Crippen molar-refractivity contribution in [1.29, 1.82) is 0 Å². The Morgan fingerprint density at radius 3 is 2.88 bits per heavy atom. The molecule has 0 bridgehead atoms. The van der Waals surface area contributed by atoms with E-state index >= 15 is 0 Å².